The molecule has 0 saturated heterocycles. The molecule has 2 unspecified atom stereocenters. The molecule has 0 spiro atoms. The maximum absolute atomic E-state index is 12.2. The first-order valence-electron chi connectivity index (χ1n) is 7.13. The third-order valence-corrected chi connectivity index (χ3v) is 4.49. The Bertz CT molecular complexity index is 261. The van der Waals surface area contributed by atoms with E-state index in [9.17, 15) is 4.79 Å². The van der Waals surface area contributed by atoms with Crippen LogP contribution in [0, 0.1) is 17.8 Å². The number of rotatable bonds is 5. The van der Waals surface area contributed by atoms with E-state index in [0.717, 1.165) is 31.3 Å². The monoisotopic (exact) mass is 238 g/mol. The third-order valence-electron chi connectivity index (χ3n) is 4.49. The van der Waals surface area contributed by atoms with Crippen LogP contribution in [0.3, 0.4) is 0 Å². The minimum atomic E-state index is 0.361. The highest BCUT2D eigenvalue weighted by Crippen LogP contribution is 2.49. The Morgan fingerprint density at radius 3 is 2.65 bits per heavy atom. The maximum Gasteiger partial charge on any atom is 0.225 e. The van der Waals surface area contributed by atoms with Crippen molar-refractivity contribution in [2.24, 2.45) is 17.8 Å². The molecule has 0 aliphatic heterocycles. The van der Waals surface area contributed by atoms with E-state index in [0.29, 0.717) is 11.8 Å². The van der Waals surface area contributed by atoms with Crippen molar-refractivity contribution < 1.29 is 4.79 Å². The molecule has 0 aromatic heterocycles. The molecule has 2 aliphatic carbocycles. The van der Waals surface area contributed by atoms with Gasteiger partial charge in [-0.2, -0.15) is 0 Å². The molecule has 3 nitrogen and oxygen atoms in total. The number of nitrogens with one attached hydrogen (secondary N) is 1. The fourth-order valence-corrected chi connectivity index (χ4v) is 3.25. The van der Waals surface area contributed by atoms with Gasteiger partial charge in [-0.1, -0.05) is 32.1 Å². The Labute approximate surface area is 105 Å². The van der Waals surface area contributed by atoms with Crippen molar-refractivity contribution in [3.05, 3.63) is 0 Å². The molecule has 0 aromatic rings. The Kier molecular flexibility index (Phi) is 4.43. The van der Waals surface area contributed by atoms with Crippen LogP contribution in [0.25, 0.3) is 0 Å². The summed E-state index contributed by atoms with van der Waals surface area (Å²) in [5.74, 6) is 2.33. The van der Waals surface area contributed by atoms with Crippen LogP contribution in [0.4, 0.5) is 0 Å². The number of hydrogen-bond donors (Lipinski definition) is 1. The van der Waals surface area contributed by atoms with Crippen LogP contribution in [-0.4, -0.2) is 38.0 Å². The summed E-state index contributed by atoms with van der Waals surface area (Å²) in [6, 6.07) is 0. The van der Waals surface area contributed by atoms with Crippen LogP contribution >= 0.6 is 0 Å². The highest BCUT2D eigenvalue weighted by atomic mass is 16.2. The molecule has 0 bridgehead atoms. The summed E-state index contributed by atoms with van der Waals surface area (Å²) in [5.41, 5.74) is 0. The standard InChI is InChI=1S/C14H26N2O/c1-15-8-9-16(2)14(17)13-10-12(13)11-6-4-3-5-7-11/h11-13,15H,3-10H2,1-2H3. The minimum Gasteiger partial charge on any atom is -0.344 e. The van der Waals surface area contributed by atoms with Crippen molar-refractivity contribution in [2.75, 3.05) is 27.2 Å². The van der Waals surface area contributed by atoms with Crippen LogP contribution < -0.4 is 5.32 Å². The molecule has 0 aromatic carbocycles. The van der Waals surface area contributed by atoms with Gasteiger partial charge in [-0.3, -0.25) is 4.79 Å². The van der Waals surface area contributed by atoms with Crippen molar-refractivity contribution in [1.82, 2.24) is 10.2 Å². The quantitative estimate of drug-likeness (QED) is 0.793. The molecule has 0 radical (unpaired) electrons. The smallest absolute Gasteiger partial charge is 0.225 e. The van der Waals surface area contributed by atoms with Gasteiger partial charge in [-0.15, -0.1) is 0 Å². The summed E-state index contributed by atoms with van der Waals surface area (Å²) in [7, 11) is 3.87. The van der Waals surface area contributed by atoms with E-state index in [1.807, 2.05) is 19.0 Å². The van der Waals surface area contributed by atoms with Crippen molar-refractivity contribution in [3.63, 3.8) is 0 Å². The normalized spacial score (nSPS) is 29.1. The minimum absolute atomic E-state index is 0.361. The first-order valence-corrected chi connectivity index (χ1v) is 7.13. The SMILES string of the molecule is CNCCN(C)C(=O)C1CC1C1CCCCC1. The second-order valence-corrected chi connectivity index (χ2v) is 5.77. The van der Waals surface area contributed by atoms with Crippen LogP contribution in [0.2, 0.25) is 0 Å². The number of carbonyl (C=O) groups excluding carboxylic acids is 1. The molecule has 0 heterocycles. The average molecular weight is 238 g/mol. The van der Waals surface area contributed by atoms with E-state index in [1.165, 1.54) is 32.1 Å². The van der Waals surface area contributed by atoms with Crippen molar-refractivity contribution in [3.8, 4) is 0 Å². The van der Waals surface area contributed by atoms with Crippen LogP contribution in [0.15, 0.2) is 0 Å². The molecule has 2 atom stereocenters. The molecule has 2 fully saturated rings. The summed E-state index contributed by atoms with van der Waals surface area (Å²) in [6.07, 6.45) is 8.08. The zero-order chi connectivity index (χ0) is 12.3. The topological polar surface area (TPSA) is 32.3 Å². The molecule has 1 amide bonds. The zero-order valence-corrected chi connectivity index (χ0v) is 11.2. The molecule has 3 heteroatoms. The van der Waals surface area contributed by atoms with E-state index in [4.69, 9.17) is 0 Å². The lowest BCUT2D eigenvalue weighted by Gasteiger charge is -2.22. The lowest BCUT2D eigenvalue weighted by Crippen LogP contribution is -2.34. The lowest BCUT2D eigenvalue weighted by molar-refractivity contribution is -0.131. The second kappa shape index (κ2) is 5.85. The lowest BCUT2D eigenvalue weighted by atomic mass is 9.85. The number of amides is 1. The van der Waals surface area contributed by atoms with Gasteiger partial charge in [0.2, 0.25) is 5.91 Å². The Morgan fingerprint density at radius 1 is 1.29 bits per heavy atom. The van der Waals surface area contributed by atoms with Gasteiger partial charge in [0.05, 0.1) is 0 Å². The maximum atomic E-state index is 12.2. The predicted molar refractivity (Wildman–Crippen MR) is 69.7 cm³/mol. The Morgan fingerprint density at radius 2 is 2.00 bits per heavy atom. The Balaban J connectivity index is 1.75. The van der Waals surface area contributed by atoms with Gasteiger partial charge < -0.3 is 10.2 Å². The molecule has 1 N–H and O–H groups in total. The van der Waals surface area contributed by atoms with E-state index < -0.39 is 0 Å². The number of likely N-dealkylation sites (N-methyl/N-ethyl adjacent to an activating group) is 2. The van der Waals surface area contributed by atoms with Gasteiger partial charge in [0.15, 0.2) is 0 Å². The van der Waals surface area contributed by atoms with Crippen LogP contribution in [-0.2, 0) is 4.79 Å². The van der Waals surface area contributed by atoms with Crippen molar-refractivity contribution in [1.29, 1.82) is 0 Å². The predicted octanol–water partition coefficient (Wildman–Crippen LogP) is 1.88. The van der Waals surface area contributed by atoms with E-state index in [2.05, 4.69) is 5.32 Å². The molecular formula is C14H26N2O. The molecular weight excluding hydrogens is 212 g/mol. The van der Waals surface area contributed by atoms with Crippen molar-refractivity contribution in [2.45, 2.75) is 38.5 Å². The third kappa shape index (κ3) is 3.21. The zero-order valence-electron chi connectivity index (χ0n) is 11.2. The Hall–Kier alpha value is -0.570. The summed E-state index contributed by atoms with van der Waals surface area (Å²) in [6.45, 7) is 1.73. The van der Waals surface area contributed by atoms with E-state index in [-0.39, 0.29) is 0 Å². The number of hydrogen-bond acceptors (Lipinski definition) is 2. The fourth-order valence-electron chi connectivity index (χ4n) is 3.25. The van der Waals surface area contributed by atoms with Gasteiger partial charge in [-0.05, 0) is 25.3 Å². The van der Waals surface area contributed by atoms with Gasteiger partial charge in [0, 0.05) is 26.1 Å². The highest BCUT2D eigenvalue weighted by molar-refractivity contribution is 5.81. The van der Waals surface area contributed by atoms with Gasteiger partial charge in [-0.25, -0.2) is 0 Å². The molecule has 2 saturated carbocycles. The highest BCUT2D eigenvalue weighted by Gasteiger charge is 2.48. The first kappa shape index (κ1) is 12.9. The first-order chi connectivity index (χ1) is 8.24. The fraction of sp³-hybridized carbons (Fsp3) is 0.929. The number of nitrogens with zero attached hydrogens (tertiary/aromatic N) is 1. The van der Waals surface area contributed by atoms with Gasteiger partial charge in [0.1, 0.15) is 0 Å². The van der Waals surface area contributed by atoms with Gasteiger partial charge in [0.25, 0.3) is 0 Å². The summed E-state index contributed by atoms with van der Waals surface area (Å²) in [5, 5.41) is 3.09. The average Bonchev–Trinajstić information content (AvgIpc) is 3.16. The van der Waals surface area contributed by atoms with Gasteiger partial charge >= 0.3 is 0 Å². The van der Waals surface area contributed by atoms with Crippen LogP contribution in [0.5, 0.6) is 0 Å². The van der Waals surface area contributed by atoms with Crippen molar-refractivity contribution >= 4 is 5.91 Å². The number of carbonyl (C=O) groups is 1. The summed E-state index contributed by atoms with van der Waals surface area (Å²) >= 11 is 0. The van der Waals surface area contributed by atoms with E-state index >= 15 is 0 Å². The van der Waals surface area contributed by atoms with Crippen LogP contribution in [0.1, 0.15) is 38.5 Å². The molecule has 2 aliphatic rings. The molecule has 17 heavy (non-hydrogen) atoms. The van der Waals surface area contributed by atoms with E-state index in [1.54, 1.807) is 0 Å². The largest absolute Gasteiger partial charge is 0.344 e. The second-order valence-electron chi connectivity index (χ2n) is 5.77. The molecule has 98 valence electrons. The molecule has 2 rings (SSSR count). The summed E-state index contributed by atoms with van der Waals surface area (Å²) < 4.78 is 0. The summed E-state index contributed by atoms with van der Waals surface area (Å²) in [4.78, 5) is 14.1.